The Morgan fingerprint density at radius 2 is 2.03 bits per heavy atom. The number of anilines is 1. The van der Waals surface area contributed by atoms with Crippen molar-refractivity contribution in [2.45, 2.75) is 38.1 Å². The molecule has 1 fully saturated rings. The Labute approximate surface area is 167 Å². The predicted molar refractivity (Wildman–Crippen MR) is 108 cm³/mol. The van der Waals surface area contributed by atoms with Gasteiger partial charge in [-0.1, -0.05) is 31.4 Å². The first-order chi connectivity index (χ1) is 14.0. The maximum absolute atomic E-state index is 13.6. The fourth-order valence-electron chi connectivity index (χ4n) is 3.60. The van der Waals surface area contributed by atoms with Crippen LogP contribution < -0.4 is 11.1 Å². The minimum absolute atomic E-state index is 0.141. The number of nitrogens with two attached hydrogens (primary N) is 1. The van der Waals surface area contributed by atoms with Gasteiger partial charge >= 0.3 is 0 Å². The van der Waals surface area contributed by atoms with Crippen LogP contribution in [0.5, 0.6) is 0 Å². The number of hydrogen-bond donors (Lipinski definition) is 2. The number of rotatable bonds is 2. The second-order valence-corrected chi connectivity index (χ2v) is 7.17. The lowest BCUT2D eigenvalue weighted by molar-refractivity contribution is -0.116. The van der Waals surface area contributed by atoms with Crippen molar-refractivity contribution in [1.82, 2.24) is 24.8 Å². The molecule has 1 aromatic carbocycles. The maximum Gasteiger partial charge on any atom is 0.296 e. The van der Waals surface area contributed by atoms with E-state index < -0.39 is 0 Å². The quantitative estimate of drug-likeness (QED) is 0.653. The number of nitrogens with one attached hydrogen (secondary N) is 1. The highest BCUT2D eigenvalue weighted by atomic mass is 19.1. The third kappa shape index (κ3) is 4.04. The Hall–Kier alpha value is -3.47. The molecule has 29 heavy (non-hydrogen) atoms. The number of imidazole rings is 1. The number of nitrogen functional groups attached to an aromatic ring is 1. The van der Waals surface area contributed by atoms with Crippen LogP contribution in [0.2, 0.25) is 0 Å². The number of aromatic nitrogens is 4. The molecule has 3 N–H and O–H groups in total. The van der Waals surface area contributed by atoms with E-state index in [0.29, 0.717) is 22.6 Å². The molecule has 0 bridgehead atoms. The van der Waals surface area contributed by atoms with E-state index in [-0.39, 0.29) is 29.4 Å². The van der Waals surface area contributed by atoms with Crippen LogP contribution in [-0.4, -0.2) is 31.5 Å². The summed E-state index contributed by atoms with van der Waals surface area (Å²) in [5.41, 5.74) is 7.51. The number of nitrogens with zero attached hydrogens (tertiary/aromatic N) is 4. The molecule has 7 nitrogen and oxygen atoms in total. The van der Waals surface area contributed by atoms with Crippen LogP contribution >= 0.6 is 0 Å². The molecule has 8 heteroatoms. The van der Waals surface area contributed by atoms with Crippen LogP contribution in [0.1, 0.15) is 37.9 Å². The molecule has 0 unspecified atom stereocenters. The van der Waals surface area contributed by atoms with Crippen molar-refractivity contribution in [3.8, 4) is 23.2 Å². The van der Waals surface area contributed by atoms with E-state index in [9.17, 15) is 9.18 Å². The summed E-state index contributed by atoms with van der Waals surface area (Å²) in [4.78, 5) is 25.1. The van der Waals surface area contributed by atoms with Gasteiger partial charge in [-0.25, -0.2) is 19.3 Å². The zero-order valence-corrected chi connectivity index (χ0v) is 16.1. The molecule has 1 aliphatic rings. The predicted octanol–water partition coefficient (Wildman–Crippen LogP) is 2.55. The Morgan fingerprint density at radius 1 is 1.24 bits per heavy atom. The van der Waals surface area contributed by atoms with Crippen LogP contribution in [0.3, 0.4) is 0 Å². The van der Waals surface area contributed by atoms with Gasteiger partial charge in [0, 0.05) is 24.6 Å². The van der Waals surface area contributed by atoms with Crippen LogP contribution in [-0.2, 0) is 11.8 Å². The largest absolute Gasteiger partial charge is 0.382 e. The molecule has 1 aliphatic carbocycles. The molecule has 148 valence electrons. The van der Waals surface area contributed by atoms with Crippen molar-refractivity contribution in [2.75, 3.05) is 5.73 Å². The van der Waals surface area contributed by atoms with Gasteiger partial charge < -0.3 is 15.6 Å². The maximum atomic E-state index is 13.6. The van der Waals surface area contributed by atoms with Crippen LogP contribution in [0.15, 0.2) is 24.3 Å². The van der Waals surface area contributed by atoms with Gasteiger partial charge in [0.2, 0.25) is 5.82 Å². The molecule has 4 rings (SSSR count). The number of hydrogen-bond acceptors (Lipinski definition) is 5. The van der Waals surface area contributed by atoms with Crippen molar-refractivity contribution < 1.29 is 9.18 Å². The van der Waals surface area contributed by atoms with Gasteiger partial charge in [0.1, 0.15) is 11.6 Å². The summed E-state index contributed by atoms with van der Waals surface area (Å²) in [6.45, 7) is 0. The molecule has 0 saturated heterocycles. The molecule has 0 aliphatic heterocycles. The molecule has 0 spiro atoms. The summed E-state index contributed by atoms with van der Waals surface area (Å²) >= 11 is 0. The Bertz CT molecular complexity index is 1140. The molecule has 0 radical (unpaired) electrons. The van der Waals surface area contributed by atoms with E-state index in [0.717, 1.165) is 25.7 Å². The number of amides is 1. The number of carbonyl (C=O) groups is 1. The van der Waals surface area contributed by atoms with E-state index >= 15 is 0 Å². The SMILES string of the molecule is Cn1c(-c2cccc(F)c2)nc2c(N)nc(C#CC(=O)NC3CCCCC3)nc21. The van der Waals surface area contributed by atoms with Gasteiger partial charge in [0.05, 0.1) is 0 Å². The summed E-state index contributed by atoms with van der Waals surface area (Å²) in [5, 5.41) is 2.93. The fourth-order valence-corrected chi connectivity index (χ4v) is 3.60. The first kappa shape index (κ1) is 18.9. The normalized spacial score (nSPS) is 14.4. The average molecular weight is 392 g/mol. The highest BCUT2D eigenvalue weighted by Crippen LogP contribution is 2.25. The lowest BCUT2D eigenvalue weighted by atomic mass is 9.95. The van der Waals surface area contributed by atoms with Crippen molar-refractivity contribution in [2.24, 2.45) is 7.05 Å². The Kier molecular flexibility index (Phi) is 5.12. The van der Waals surface area contributed by atoms with E-state index in [1.807, 2.05) is 0 Å². The van der Waals surface area contributed by atoms with Crippen LogP contribution in [0.4, 0.5) is 10.2 Å². The fraction of sp³-hybridized carbons (Fsp3) is 0.333. The molecular weight excluding hydrogens is 371 g/mol. The minimum Gasteiger partial charge on any atom is -0.382 e. The van der Waals surface area contributed by atoms with E-state index in [2.05, 4.69) is 32.1 Å². The van der Waals surface area contributed by atoms with Gasteiger partial charge in [-0.05, 0) is 30.9 Å². The molecule has 0 atom stereocenters. The zero-order chi connectivity index (χ0) is 20.4. The van der Waals surface area contributed by atoms with E-state index in [4.69, 9.17) is 5.73 Å². The van der Waals surface area contributed by atoms with Gasteiger partial charge in [0.15, 0.2) is 17.0 Å². The van der Waals surface area contributed by atoms with Crippen LogP contribution in [0, 0.1) is 17.7 Å². The number of aryl methyl sites for hydroxylation is 1. The number of benzene rings is 1. The smallest absolute Gasteiger partial charge is 0.296 e. The molecule has 1 saturated carbocycles. The third-order valence-corrected chi connectivity index (χ3v) is 5.06. The first-order valence-corrected chi connectivity index (χ1v) is 9.59. The van der Waals surface area contributed by atoms with Crippen molar-refractivity contribution in [3.05, 3.63) is 35.9 Å². The third-order valence-electron chi connectivity index (χ3n) is 5.06. The number of halogens is 1. The average Bonchev–Trinajstić information content (AvgIpc) is 3.04. The van der Waals surface area contributed by atoms with Crippen molar-refractivity contribution in [3.63, 3.8) is 0 Å². The van der Waals surface area contributed by atoms with Gasteiger partial charge in [0.25, 0.3) is 5.91 Å². The van der Waals surface area contributed by atoms with E-state index in [1.165, 1.54) is 18.6 Å². The summed E-state index contributed by atoms with van der Waals surface area (Å²) in [6, 6.07) is 6.31. The lowest BCUT2D eigenvalue weighted by Gasteiger charge is -2.21. The van der Waals surface area contributed by atoms with Gasteiger partial charge in [-0.2, -0.15) is 0 Å². The summed E-state index contributed by atoms with van der Waals surface area (Å²) in [5.74, 6) is 5.34. The molecular formula is C21H21FN6O. The monoisotopic (exact) mass is 392 g/mol. The molecule has 1 amide bonds. The highest BCUT2D eigenvalue weighted by Gasteiger charge is 2.16. The summed E-state index contributed by atoms with van der Waals surface area (Å²) < 4.78 is 15.3. The summed E-state index contributed by atoms with van der Waals surface area (Å²) in [7, 11) is 1.76. The van der Waals surface area contributed by atoms with Crippen LogP contribution in [0.25, 0.3) is 22.6 Å². The molecule has 2 aromatic heterocycles. The topological polar surface area (TPSA) is 98.7 Å². The minimum atomic E-state index is -0.357. The second kappa shape index (κ2) is 7.87. The molecule has 3 aromatic rings. The second-order valence-electron chi connectivity index (χ2n) is 7.17. The number of carbonyl (C=O) groups excluding carboxylic acids is 1. The van der Waals surface area contributed by atoms with Crippen molar-refractivity contribution in [1.29, 1.82) is 0 Å². The van der Waals surface area contributed by atoms with Gasteiger partial charge in [-0.3, -0.25) is 4.79 Å². The lowest BCUT2D eigenvalue weighted by Crippen LogP contribution is -2.35. The van der Waals surface area contributed by atoms with E-state index in [1.54, 1.807) is 23.7 Å². The van der Waals surface area contributed by atoms with Gasteiger partial charge in [-0.15, -0.1) is 0 Å². The summed E-state index contributed by atoms with van der Waals surface area (Å²) in [6.07, 6.45) is 5.44. The Morgan fingerprint density at radius 3 is 2.79 bits per heavy atom. The highest BCUT2D eigenvalue weighted by molar-refractivity contribution is 5.94. The molecule has 2 heterocycles. The van der Waals surface area contributed by atoms with Crippen molar-refractivity contribution >= 4 is 22.9 Å². The standard InChI is InChI=1S/C21H21FN6O/c1-28-20(13-6-5-7-14(22)12-13)27-18-19(23)25-16(26-21(18)28)10-11-17(29)24-15-8-3-2-4-9-15/h5-7,12,15H,2-4,8-9H2,1H3,(H,24,29)(H2,23,25,26). The number of fused-ring (bicyclic) bond motifs is 1. The Balaban J connectivity index is 1.62. The zero-order valence-electron chi connectivity index (χ0n) is 16.1. The first-order valence-electron chi connectivity index (χ1n) is 9.59.